The van der Waals surface area contributed by atoms with Gasteiger partial charge in [-0.15, -0.1) is 11.6 Å². The summed E-state index contributed by atoms with van der Waals surface area (Å²) in [6.45, 7) is 0.373. The molecule has 1 N–H and O–H groups in total. The Bertz CT molecular complexity index is 1080. The van der Waals surface area contributed by atoms with Gasteiger partial charge >= 0.3 is 6.18 Å². The highest BCUT2D eigenvalue weighted by Gasteiger charge is 2.30. The van der Waals surface area contributed by atoms with Gasteiger partial charge in [0.05, 0.1) is 17.1 Å². The quantitative estimate of drug-likeness (QED) is 0.318. The van der Waals surface area contributed by atoms with E-state index in [-0.39, 0.29) is 16.8 Å². The van der Waals surface area contributed by atoms with Crippen LogP contribution < -0.4 is 9.64 Å². The van der Waals surface area contributed by atoms with Gasteiger partial charge in [-0.05, 0) is 44.3 Å². The van der Waals surface area contributed by atoms with Crippen LogP contribution in [0.1, 0.15) is 16.8 Å². The molecule has 182 valence electrons. The second kappa shape index (κ2) is 11.2. The molecule has 2 heterocycles. The topological polar surface area (TPSA) is 74.6 Å². The lowest BCUT2D eigenvalue weighted by atomic mass is 10.1. The van der Waals surface area contributed by atoms with E-state index >= 15 is 0 Å². The predicted octanol–water partition coefficient (Wildman–Crippen LogP) is 4.96. The van der Waals surface area contributed by atoms with Crippen molar-refractivity contribution in [1.29, 1.82) is 0 Å². The molecular weight excluding hydrogens is 494 g/mol. The molecule has 34 heavy (non-hydrogen) atoms. The number of benzene rings is 1. The van der Waals surface area contributed by atoms with E-state index in [0.29, 0.717) is 30.2 Å². The van der Waals surface area contributed by atoms with Crippen LogP contribution in [-0.4, -0.2) is 52.0 Å². The Morgan fingerprint density at radius 2 is 1.76 bits per heavy atom. The van der Waals surface area contributed by atoms with Crippen molar-refractivity contribution >= 4 is 29.0 Å². The molecule has 3 aromatic rings. The minimum absolute atomic E-state index is 0.0505. The fraction of sp³-hybridized carbons (Fsp3) is 0.318. The molecule has 0 aliphatic carbocycles. The Morgan fingerprint density at radius 1 is 1.06 bits per heavy atom. The van der Waals surface area contributed by atoms with Crippen LogP contribution in [0.3, 0.4) is 0 Å². The monoisotopic (exact) mass is 515 g/mol. The van der Waals surface area contributed by atoms with Gasteiger partial charge < -0.3 is 14.7 Å². The summed E-state index contributed by atoms with van der Waals surface area (Å²) in [6.07, 6.45) is -2.86. The number of anilines is 1. The summed E-state index contributed by atoms with van der Waals surface area (Å²) in [5, 5.41) is 11.0. The number of aliphatic hydroxyl groups is 1. The fourth-order valence-corrected chi connectivity index (χ4v) is 3.55. The summed E-state index contributed by atoms with van der Waals surface area (Å²) in [5.41, 5.74) is 0.538. The van der Waals surface area contributed by atoms with Crippen molar-refractivity contribution in [3.63, 3.8) is 0 Å². The second-order valence-corrected chi connectivity index (χ2v) is 8.12. The van der Waals surface area contributed by atoms with Crippen molar-refractivity contribution in [2.45, 2.75) is 24.8 Å². The van der Waals surface area contributed by atoms with Crippen LogP contribution in [-0.2, 0) is 18.5 Å². The molecule has 1 unspecified atom stereocenters. The minimum atomic E-state index is -4.46. The van der Waals surface area contributed by atoms with E-state index < -0.39 is 18.1 Å². The normalized spacial score (nSPS) is 12.6. The van der Waals surface area contributed by atoms with E-state index in [0.717, 1.165) is 23.9 Å². The van der Waals surface area contributed by atoms with Gasteiger partial charge in [-0.25, -0.2) is 15.0 Å². The number of hydrogen-bond acceptors (Lipinski definition) is 7. The van der Waals surface area contributed by atoms with E-state index in [4.69, 9.17) is 27.9 Å². The fourth-order valence-electron chi connectivity index (χ4n) is 3.00. The standard InChI is InChI=1S/C22H22Cl2F3N5O2/c1-31(2)21(33)32(20-19(24)17(11-23)29-13-30-20)10-9-14-3-6-16(7-4-14)34-18-8-5-15(12-28-18)22(25,26)27/h3-8,12-13,21,33H,9-11H2,1-2H3. The zero-order valence-electron chi connectivity index (χ0n) is 18.3. The summed E-state index contributed by atoms with van der Waals surface area (Å²) in [7, 11) is 3.44. The Labute approximate surface area is 204 Å². The first-order valence-corrected chi connectivity index (χ1v) is 11.0. The van der Waals surface area contributed by atoms with E-state index in [2.05, 4.69) is 15.0 Å². The number of alkyl halides is 4. The molecule has 1 aromatic carbocycles. The molecule has 1 atom stereocenters. The number of halogens is 5. The van der Waals surface area contributed by atoms with Gasteiger partial charge in [0, 0.05) is 18.8 Å². The first-order valence-electron chi connectivity index (χ1n) is 10.1. The lowest BCUT2D eigenvalue weighted by Crippen LogP contribution is -2.46. The van der Waals surface area contributed by atoms with Crippen LogP contribution in [0.25, 0.3) is 0 Å². The molecule has 2 aromatic heterocycles. The van der Waals surface area contributed by atoms with Crippen molar-refractivity contribution in [3.05, 3.63) is 70.8 Å². The molecule has 7 nitrogen and oxygen atoms in total. The third-order valence-electron chi connectivity index (χ3n) is 4.83. The van der Waals surface area contributed by atoms with Crippen LogP contribution in [0.2, 0.25) is 5.02 Å². The van der Waals surface area contributed by atoms with Gasteiger partial charge in [-0.3, -0.25) is 4.90 Å². The Morgan fingerprint density at radius 3 is 2.32 bits per heavy atom. The Hall–Kier alpha value is -2.66. The van der Waals surface area contributed by atoms with Crippen molar-refractivity contribution in [2.24, 2.45) is 0 Å². The molecule has 0 amide bonds. The van der Waals surface area contributed by atoms with E-state index in [1.54, 1.807) is 36.0 Å². The zero-order valence-corrected chi connectivity index (χ0v) is 19.8. The summed E-state index contributed by atoms with van der Waals surface area (Å²) >= 11 is 12.3. The smallest absolute Gasteiger partial charge is 0.417 e. The maximum Gasteiger partial charge on any atom is 0.417 e. The lowest BCUT2D eigenvalue weighted by Gasteiger charge is -2.33. The van der Waals surface area contributed by atoms with Gasteiger partial charge in [0.25, 0.3) is 0 Å². The van der Waals surface area contributed by atoms with Gasteiger partial charge in [0.2, 0.25) is 5.88 Å². The number of aromatic nitrogens is 3. The number of nitrogens with zero attached hydrogens (tertiary/aromatic N) is 5. The third-order valence-corrected chi connectivity index (χ3v) is 5.47. The van der Waals surface area contributed by atoms with Crippen LogP contribution in [0, 0.1) is 0 Å². The summed E-state index contributed by atoms with van der Waals surface area (Å²) < 4.78 is 43.5. The number of ether oxygens (including phenoxy) is 1. The Kier molecular flexibility index (Phi) is 8.53. The first kappa shape index (κ1) is 26.0. The molecule has 0 bridgehead atoms. The second-order valence-electron chi connectivity index (χ2n) is 7.47. The highest BCUT2D eigenvalue weighted by Crippen LogP contribution is 2.31. The maximum absolute atomic E-state index is 12.7. The van der Waals surface area contributed by atoms with Gasteiger partial charge in [0.15, 0.2) is 12.2 Å². The maximum atomic E-state index is 12.7. The molecule has 0 aliphatic heterocycles. The molecular formula is C22H22Cl2F3N5O2. The average Bonchev–Trinajstić information content (AvgIpc) is 2.80. The molecule has 0 radical (unpaired) electrons. The molecule has 0 saturated carbocycles. The third kappa shape index (κ3) is 6.47. The van der Waals surface area contributed by atoms with Crippen molar-refractivity contribution in [1.82, 2.24) is 19.9 Å². The van der Waals surface area contributed by atoms with Gasteiger partial charge in [-0.1, -0.05) is 23.7 Å². The van der Waals surface area contributed by atoms with Crippen LogP contribution >= 0.6 is 23.2 Å². The van der Waals surface area contributed by atoms with Crippen LogP contribution in [0.15, 0.2) is 48.9 Å². The summed E-state index contributed by atoms with van der Waals surface area (Å²) in [6, 6.07) is 9.07. The largest absolute Gasteiger partial charge is 0.439 e. The molecule has 0 saturated heterocycles. The zero-order chi connectivity index (χ0) is 24.9. The van der Waals surface area contributed by atoms with Crippen molar-refractivity contribution in [3.8, 4) is 11.6 Å². The predicted molar refractivity (Wildman–Crippen MR) is 123 cm³/mol. The van der Waals surface area contributed by atoms with Gasteiger partial charge in [0.1, 0.15) is 17.1 Å². The number of hydrogen-bond donors (Lipinski definition) is 1. The number of pyridine rings is 1. The van der Waals surface area contributed by atoms with E-state index in [1.807, 2.05) is 12.1 Å². The SMILES string of the molecule is CN(C)C(O)N(CCc1ccc(Oc2ccc(C(F)(F)F)cn2)cc1)c1ncnc(CCl)c1Cl. The molecule has 0 fully saturated rings. The Balaban J connectivity index is 1.69. The highest BCUT2D eigenvalue weighted by atomic mass is 35.5. The minimum Gasteiger partial charge on any atom is -0.439 e. The average molecular weight is 516 g/mol. The lowest BCUT2D eigenvalue weighted by molar-refractivity contribution is -0.137. The summed E-state index contributed by atoms with van der Waals surface area (Å²) in [4.78, 5) is 15.2. The van der Waals surface area contributed by atoms with Crippen molar-refractivity contribution < 1.29 is 23.0 Å². The number of aliphatic hydroxyl groups excluding tert-OH is 1. The molecule has 0 aliphatic rings. The molecule has 0 spiro atoms. The van der Waals surface area contributed by atoms with Gasteiger partial charge in [-0.2, -0.15) is 13.2 Å². The van der Waals surface area contributed by atoms with Crippen LogP contribution in [0.4, 0.5) is 19.0 Å². The highest BCUT2D eigenvalue weighted by molar-refractivity contribution is 6.34. The van der Waals surface area contributed by atoms with Crippen molar-refractivity contribution in [2.75, 3.05) is 25.5 Å². The van der Waals surface area contributed by atoms with E-state index in [1.165, 1.54) is 6.33 Å². The van der Waals surface area contributed by atoms with Crippen LogP contribution in [0.5, 0.6) is 11.6 Å². The van der Waals surface area contributed by atoms with E-state index in [9.17, 15) is 18.3 Å². The first-order chi connectivity index (χ1) is 16.1. The number of rotatable bonds is 9. The molecule has 3 rings (SSSR count). The molecule has 12 heteroatoms. The summed E-state index contributed by atoms with van der Waals surface area (Å²) in [5.74, 6) is 0.943.